The Morgan fingerprint density at radius 2 is 1.18 bits per heavy atom. The van der Waals surface area contributed by atoms with Gasteiger partial charge in [-0.2, -0.15) is 0 Å². The summed E-state index contributed by atoms with van der Waals surface area (Å²) in [6.45, 7) is 3.11. The van der Waals surface area contributed by atoms with Crippen molar-refractivity contribution < 1.29 is 34.5 Å². The molecule has 8 fully saturated rings. The molecule has 2 aromatic rings. The molecule has 268 valence electrons. The zero-order valence-electron chi connectivity index (χ0n) is 27.4. The summed E-state index contributed by atoms with van der Waals surface area (Å²) in [6, 6.07) is 14.6. The Morgan fingerprint density at radius 3 is 1.73 bits per heavy atom. The number of nitrogens with one attached hydrogen (secondary N) is 2. The minimum atomic E-state index is -1.93. The molecule has 0 saturated carbocycles. The number of nitrogens with zero attached hydrogens (tertiary/aromatic N) is 4. The monoisotopic (exact) mass is 804 g/mol. The number of fused-ring (bicyclic) bond motifs is 13. The fourth-order valence-electron chi connectivity index (χ4n) is 10.5. The molecule has 10 aliphatic heterocycles. The number of hydrogen-bond acceptors (Lipinski definition) is 15. The maximum absolute atomic E-state index is 15.2. The van der Waals surface area contributed by atoms with E-state index in [2.05, 4.69) is 10.6 Å². The molecule has 2 aromatic carbocycles. The van der Waals surface area contributed by atoms with Gasteiger partial charge in [-0.3, -0.25) is 29.0 Å². The molecule has 4 amide bonds. The van der Waals surface area contributed by atoms with Crippen molar-refractivity contribution in [1.29, 1.82) is 0 Å². The van der Waals surface area contributed by atoms with Crippen LogP contribution in [-0.2, 0) is 30.0 Å². The molecule has 0 aliphatic carbocycles. The molecule has 0 radical (unpaired) electrons. The van der Waals surface area contributed by atoms with Gasteiger partial charge >= 0.3 is 0 Å². The van der Waals surface area contributed by atoms with Crippen LogP contribution < -0.4 is 10.6 Å². The molecular formula is C32H32N6O7S6. The van der Waals surface area contributed by atoms with Gasteiger partial charge in [0.1, 0.15) is 24.5 Å². The number of piperazine rings is 2. The van der Waals surface area contributed by atoms with Crippen LogP contribution >= 0.6 is 62.8 Å². The van der Waals surface area contributed by atoms with Crippen molar-refractivity contribution >= 4 is 97.8 Å². The number of aliphatic hydroxyl groups excluding tert-OH is 3. The fourth-order valence-corrected chi connectivity index (χ4v) is 22.4. The van der Waals surface area contributed by atoms with Crippen molar-refractivity contribution in [2.45, 2.75) is 68.7 Å². The highest BCUT2D eigenvalue weighted by Gasteiger charge is 2.92. The van der Waals surface area contributed by atoms with E-state index in [4.69, 9.17) is 0 Å². The number of rotatable bonds is 3. The van der Waals surface area contributed by atoms with Gasteiger partial charge in [0.25, 0.3) is 23.6 Å². The molecule has 51 heavy (non-hydrogen) atoms. The lowest BCUT2D eigenvalue weighted by Crippen LogP contribution is -2.79. The zero-order valence-corrected chi connectivity index (χ0v) is 32.3. The first-order valence-electron chi connectivity index (χ1n) is 16.3. The van der Waals surface area contributed by atoms with Crippen molar-refractivity contribution in [3.63, 3.8) is 0 Å². The number of amides is 4. The molecule has 4 bridgehead atoms. The predicted octanol–water partition coefficient (Wildman–Crippen LogP) is 2.24. The van der Waals surface area contributed by atoms with Crippen LogP contribution in [-0.4, -0.2) is 123 Å². The smallest absolute Gasteiger partial charge is 0.265 e. The van der Waals surface area contributed by atoms with Gasteiger partial charge in [0.05, 0.1) is 17.4 Å². The van der Waals surface area contributed by atoms with Crippen molar-refractivity contribution in [1.82, 2.24) is 19.6 Å². The van der Waals surface area contributed by atoms with Gasteiger partial charge in [0.2, 0.25) is 14.6 Å². The topological polar surface area (TPSA) is 166 Å². The largest absolute Gasteiger partial charge is 0.392 e. The molecule has 19 heteroatoms. The highest BCUT2D eigenvalue weighted by molar-refractivity contribution is 9.26. The second-order valence-corrected chi connectivity index (χ2v) is 23.2. The van der Waals surface area contributed by atoms with E-state index in [9.17, 15) is 20.1 Å². The summed E-state index contributed by atoms with van der Waals surface area (Å²) >= 11 is 0. The Balaban J connectivity index is 1.34. The average molecular weight is 805 g/mol. The zero-order chi connectivity index (χ0) is 35.8. The summed E-state index contributed by atoms with van der Waals surface area (Å²) in [5.74, 6) is -2.23. The van der Waals surface area contributed by atoms with Crippen LogP contribution in [0, 0.1) is 5.92 Å². The van der Waals surface area contributed by atoms with Gasteiger partial charge in [-0.15, -0.1) is 0 Å². The standard InChI is InChI=1S/C32H32N6O7S6/c1-14(2)30-26(45)38-22-28(15-9-5-8-12-18(15)34-22,19(40)31(38,48-47-30)25(44)36(30)4)29-16-10-6-7-11-17(16)33-21(29)37-23(42)27(13-39)35(3)24(43)32(37,20(29)41)49-51-50-46-27/h5-12,14,19-22,33-34,39-41H,13H2,1-4H3/t19-,20-,21-,22+,27-,28+,29-,30-,31-,32-/m0/s1. The third kappa shape index (κ3) is 3.05. The second-order valence-electron chi connectivity index (χ2n) is 14.5. The summed E-state index contributed by atoms with van der Waals surface area (Å²) < 4.78 is 0. The van der Waals surface area contributed by atoms with E-state index >= 15 is 14.4 Å². The molecule has 0 aromatic heterocycles. The van der Waals surface area contributed by atoms with Gasteiger partial charge in [-0.05, 0) is 81.2 Å². The molecule has 8 saturated heterocycles. The van der Waals surface area contributed by atoms with E-state index in [1.165, 1.54) is 67.9 Å². The Labute approximate surface area is 315 Å². The Morgan fingerprint density at radius 1 is 0.686 bits per heavy atom. The maximum Gasteiger partial charge on any atom is 0.265 e. The van der Waals surface area contributed by atoms with Crippen LogP contribution in [0.25, 0.3) is 0 Å². The van der Waals surface area contributed by atoms with Crippen LogP contribution in [0.4, 0.5) is 11.4 Å². The Kier molecular flexibility index (Phi) is 6.66. The normalized spacial score (nSPS) is 44.2. The van der Waals surface area contributed by atoms with E-state index < -0.39 is 79.2 Å². The number of para-hydroxylation sites is 2. The Bertz CT molecular complexity index is 2020. The lowest BCUT2D eigenvalue weighted by Gasteiger charge is -2.60. The SMILES string of the molecule is CC(C)[C@@]12SS[C@]3(C(=O)N1C)[C@@H](O)[C@]1([C@]45c6ccccc6N[C@H]4N4C(=O)[C@]6(CO)SSSS[C@]4(C(=O)N6C)[C@H]5O)c4ccccc4N[C@@H]1N3C2=O. The molecule has 12 rings (SSSR count). The van der Waals surface area contributed by atoms with E-state index in [0.29, 0.717) is 22.5 Å². The highest BCUT2D eigenvalue weighted by Crippen LogP contribution is 2.78. The third-order valence-electron chi connectivity index (χ3n) is 12.7. The first-order chi connectivity index (χ1) is 24.3. The van der Waals surface area contributed by atoms with Crippen LogP contribution in [0.5, 0.6) is 0 Å². The van der Waals surface area contributed by atoms with Crippen LogP contribution in [0.15, 0.2) is 48.5 Å². The molecule has 10 atom stereocenters. The quantitative estimate of drug-likeness (QED) is 0.287. The average Bonchev–Trinajstić information content (AvgIpc) is 3.77. The van der Waals surface area contributed by atoms with Crippen molar-refractivity contribution in [2.24, 2.45) is 5.92 Å². The van der Waals surface area contributed by atoms with Crippen LogP contribution in [0.2, 0.25) is 0 Å². The third-order valence-corrected chi connectivity index (χ3v) is 23.9. The van der Waals surface area contributed by atoms with Crippen molar-refractivity contribution in [2.75, 3.05) is 31.3 Å². The van der Waals surface area contributed by atoms with Gasteiger partial charge in [0.15, 0.2) is 4.87 Å². The van der Waals surface area contributed by atoms with E-state index in [1.54, 1.807) is 7.05 Å². The summed E-state index contributed by atoms with van der Waals surface area (Å²) in [7, 11) is 10.1. The molecule has 10 aliphatic rings. The summed E-state index contributed by atoms with van der Waals surface area (Å²) in [4.78, 5) is 59.2. The number of aliphatic hydroxyl groups is 3. The summed E-state index contributed by atoms with van der Waals surface area (Å²) in [6.07, 6.45) is -5.63. The van der Waals surface area contributed by atoms with Crippen LogP contribution in [0.1, 0.15) is 25.0 Å². The van der Waals surface area contributed by atoms with Gasteiger partial charge < -0.3 is 35.8 Å². The number of benzene rings is 2. The van der Waals surface area contributed by atoms with Gasteiger partial charge in [0, 0.05) is 25.5 Å². The second kappa shape index (κ2) is 10.1. The highest BCUT2D eigenvalue weighted by atomic mass is 33.7. The van der Waals surface area contributed by atoms with Gasteiger partial charge in [-0.1, -0.05) is 61.0 Å². The molecule has 10 heterocycles. The molecule has 2 spiro atoms. The number of carbonyl (C=O) groups excluding carboxylic acids is 4. The van der Waals surface area contributed by atoms with E-state index in [-0.39, 0.29) is 11.8 Å². The van der Waals surface area contributed by atoms with E-state index in [1.807, 2.05) is 62.4 Å². The van der Waals surface area contributed by atoms with Gasteiger partial charge in [-0.25, -0.2) is 0 Å². The van der Waals surface area contributed by atoms with E-state index in [0.717, 1.165) is 21.6 Å². The first kappa shape index (κ1) is 33.5. The molecule has 5 N–H and O–H groups in total. The predicted molar refractivity (Wildman–Crippen MR) is 201 cm³/mol. The molecular weight excluding hydrogens is 773 g/mol. The summed E-state index contributed by atoms with van der Waals surface area (Å²) in [5.41, 5.74) is -1.21. The van der Waals surface area contributed by atoms with Crippen molar-refractivity contribution in [3.05, 3.63) is 59.7 Å². The number of hydrogen-bond donors (Lipinski definition) is 5. The lowest BCUT2D eigenvalue weighted by molar-refractivity contribution is -0.169. The molecule has 0 unspecified atom stereocenters. The van der Waals surface area contributed by atoms with Crippen molar-refractivity contribution in [3.8, 4) is 0 Å². The number of carbonyl (C=O) groups is 4. The minimum Gasteiger partial charge on any atom is -0.392 e. The minimum absolute atomic E-state index is 0.304. The maximum atomic E-state index is 15.2. The number of likely N-dealkylation sites (N-methyl/N-ethyl adjacent to an activating group) is 2. The Hall–Kier alpha value is -2.10. The first-order valence-corrected chi connectivity index (χ1v) is 23.3. The summed E-state index contributed by atoms with van der Waals surface area (Å²) in [5, 5.41) is 45.1. The molecule has 13 nitrogen and oxygen atoms in total. The lowest BCUT2D eigenvalue weighted by atomic mass is 9.52. The van der Waals surface area contributed by atoms with Crippen LogP contribution in [0.3, 0.4) is 0 Å². The number of anilines is 2. The fraction of sp³-hybridized carbons (Fsp3) is 0.500.